The number of rotatable bonds is 5. The molecule has 1 N–H and O–H groups in total. The van der Waals surface area contributed by atoms with Gasteiger partial charge in [-0.2, -0.15) is 0 Å². The minimum absolute atomic E-state index is 0.106. The number of nitrogens with one attached hydrogen (secondary N) is 1. The summed E-state index contributed by atoms with van der Waals surface area (Å²) in [6, 6.07) is 18.0. The molecule has 0 saturated carbocycles. The molecular weight excluding hydrogens is 342 g/mol. The number of likely N-dealkylation sites (N-methyl/N-ethyl adjacent to an activating group) is 1. The Hall–Kier alpha value is -2.86. The molecule has 1 fully saturated rings. The van der Waals surface area contributed by atoms with E-state index in [1.807, 2.05) is 67.7 Å². The second-order valence-electron chi connectivity index (χ2n) is 6.68. The molecule has 0 aliphatic carbocycles. The van der Waals surface area contributed by atoms with Gasteiger partial charge in [-0.25, -0.2) is 4.79 Å². The molecule has 27 heavy (non-hydrogen) atoms. The minimum Gasteiger partial charge on any atom is -0.445 e. The van der Waals surface area contributed by atoms with Crippen LogP contribution in [0.2, 0.25) is 0 Å². The van der Waals surface area contributed by atoms with E-state index in [0.717, 1.165) is 24.2 Å². The first kappa shape index (κ1) is 18.9. The molecule has 6 nitrogen and oxygen atoms in total. The Morgan fingerprint density at radius 3 is 2.19 bits per heavy atom. The van der Waals surface area contributed by atoms with Crippen LogP contribution in [0.5, 0.6) is 0 Å². The van der Waals surface area contributed by atoms with Crippen molar-refractivity contribution in [2.75, 3.05) is 33.2 Å². The summed E-state index contributed by atoms with van der Waals surface area (Å²) in [7, 11) is 2.04. The maximum Gasteiger partial charge on any atom is 0.408 e. The highest BCUT2D eigenvalue weighted by Crippen LogP contribution is 2.17. The lowest BCUT2D eigenvalue weighted by atomic mass is 10.1. The number of carbonyl (C=O) groups excluding carboxylic acids is 2. The predicted octanol–water partition coefficient (Wildman–Crippen LogP) is 2.43. The van der Waals surface area contributed by atoms with Crippen molar-refractivity contribution in [3.8, 4) is 0 Å². The fourth-order valence-electron chi connectivity index (χ4n) is 3.03. The second kappa shape index (κ2) is 9.19. The summed E-state index contributed by atoms with van der Waals surface area (Å²) in [4.78, 5) is 29.4. The van der Waals surface area contributed by atoms with Gasteiger partial charge in [0.2, 0.25) is 5.91 Å². The van der Waals surface area contributed by atoms with Crippen LogP contribution in [0.4, 0.5) is 4.79 Å². The first-order valence-electron chi connectivity index (χ1n) is 9.13. The van der Waals surface area contributed by atoms with Crippen LogP contribution in [0, 0.1) is 0 Å². The highest BCUT2D eigenvalue weighted by molar-refractivity contribution is 5.87. The summed E-state index contributed by atoms with van der Waals surface area (Å²) >= 11 is 0. The largest absolute Gasteiger partial charge is 0.445 e. The maximum atomic E-state index is 13.1. The molecule has 0 radical (unpaired) electrons. The average molecular weight is 367 g/mol. The molecule has 1 heterocycles. The van der Waals surface area contributed by atoms with Crippen LogP contribution >= 0.6 is 0 Å². The van der Waals surface area contributed by atoms with Gasteiger partial charge in [-0.05, 0) is 18.2 Å². The number of piperazine rings is 1. The molecule has 1 saturated heterocycles. The number of alkyl carbamates (subject to hydrolysis) is 1. The Kier molecular flexibility index (Phi) is 6.44. The third kappa shape index (κ3) is 5.31. The number of carbonyl (C=O) groups is 2. The van der Waals surface area contributed by atoms with E-state index in [4.69, 9.17) is 4.74 Å². The van der Waals surface area contributed by atoms with E-state index in [-0.39, 0.29) is 12.5 Å². The van der Waals surface area contributed by atoms with Gasteiger partial charge in [0.15, 0.2) is 0 Å². The standard InChI is InChI=1S/C21H25N3O3/c1-23-12-14-24(15-13-23)20(25)19(18-10-6-3-7-11-18)22-21(26)27-16-17-8-4-2-5-9-17/h2-11,19H,12-16H2,1H3,(H,22,26)/t19-/m0/s1. The minimum atomic E-state index is -0.752. The molecule has 2 aromatic carbocycles. The third-order valence-electron chi connectivity index (χ3n) is 4.67. The number of hydrogen-bond donors (Lipinski definition) is 1. The van der Waals surface area contributed by atoms with Crippen LogP contribution in [0.1, 0.15) is 17.2 Å². The molecule has 3 rings (SSSR count). The van der Waals surface area contributed by atoms with Crippen molar-refractivity contribution in [2.45, 2.75) is 12.6 Å². The molecule has 1 aliphatic heterocycles. The third-order valence-corrected chi connectivity index (χ3v) is 4.67. The van der Waals surface area contributed by atoms with Gasteiger partial charge in [0.25, 0.3) is 0 Å². The van der Waals surface area contributed by atoms with Crippen molar-refractivity contribution in [2.24, 2.45) is 0 Å². The van der Waals surface area contributed by atoms with Gasteiger partial charge < -0.3 is 19.9 Å². The molecule has 0 aromatic heterocycles. The Morgan fingerprint density at radius 1 is 0.963 bits per heavy atom. The fraction of sp³-hybridized carbons (Fsp3) is 0.333. The van der Waals surface area contributed by atoms with E-state index in [9.17, 15) is 9.59 Å². The van der Waals surface area contributed by atoms with E-state index < -0.39 is 12.1 Å². The lowest BCUT2D eigenvalue weighted by Gasteiger charge is -2.34. The lowest BCUT2D eigenvalue weighted by Crippen LogP contribution is -2.51. The van der Waals surface area contributed by atoms with E-state index in [0.29, 0.717) is 13.1 Å². The molecule has 2 amide bonds. The molecule has 0 unspecified atom stereocenters. The average Bonchev–Trinajstić information content (AvgIpc) is 2.72. The Balaban J connectivity index is 1.66. The molecule has 1 aliphatic rings. The van der Waals surface area contributed by atoms with E-state index in [2.05, 4.69) is 10.2 Å². The molecule has 6 heteroatoms. The zero-order chi connectivity index (χ0) is 19.1. The number of hydrogen-bond acceptors (Lipinski definition) is 4. The summed E-state index contributed by atoms with van der Waals surface area (Å²) in [5, 5.41) is 2.75. The van der Waals surface area contributed by atoms with Crippen molar-refractivity contribution in [1.82, 2.24) is 15.1 Å². The van der Waals surface area contributed by atoms with Crippen LogP contribution in [-0.4, -0.2) is 55.0 Å². The monoisotopic (exact) mass is 367 g/mol. The first-order valence-corrected chi connectivity index (χ1v) is 9.13. The van der Waals surface area contributed by atoms with Crippen molar-refractivity contribution in [3.63, 3.8) is 0 Å². The zero-order valence-corrected chi connectivity index (χ0v) is 15.5. The van der Waals surface area contributed by atoms with E-state index in [1.165, 1.54) is 0 Å². The maximum absolute atomic E-state index is 13.1. The fourth-order valence-corrected chi connectivity index (χ4v) is 3.03. The molecular formula is C21H25N3O3. The van der Waals surface area contributed by atoms with Crippen LogP contribution in [0.25, 0.3) is 0 Å². The van der Waals surface area contributed by atoms with Crippen LogP contribution < -0.4 is 5.32 Å². The number of nitrogens with zero attached hydrogens (tertiary/aromatic N) is 2. The molecule has 2 aromatic rings. The van der Waals surface area contributed by atoms with Crippen LogP contribution in [0.15, 0.2) is 60.7 Å². The summed E-state index contributed by atoms with van der Waals surface area (Å²) in [6.07, 6.45) is -0.602. The lowest BCUT2D eigenvalue weighted by molar-refractivity contribution is -0.135. The summed E-state index contributed by atoms with van der Waals surface area (Å²) in [5.74, 6) is -0.106. The van der Waals surface area contributed by atoms with Crippen molar-refractivity contribution in [1.29, 1.82) is 0 Å². The topological polar surface area (TPSA) is 61.9 Å². The van der Waals surface area contributed by atoms with Crippen molar-refractivity contribution < 1.29 is 14.3 Å². The van der Waals surface area contributed by atoms with Crippen LogP contribution in [0.3, 0.4) is 0 Å². The Bertz CT molecular complexity index is 744. The molecule has 0 spiro atoms. The van der Waals surface area contributed by atoms with Crippen molar-refractivity contribution >= 4 is 12.0 Å². The summed E-state index contributed by atoms with van der Waals surface area (Å²) < 4.78 is 5.31. The quantitative estimate of drug-likeness (QED) is 0.882. The van der Waals surface area contributed by atoms with Gasteiger partial charge in [-0.15, -0.1) is 0 Å². The van der Waals surface area contributed by atoms with Crippen molar-refractivity contribution in [3.05, 3.63) is 71.8 Å². The number of amides is 2. The molecule has 0 bridgehead atoms. The summed E-state index contributed by atoms with van der Waals surface area (Å²) in [6.45, 7) is 3.12. The van der Waals surface area contributed by atoms with Gasteiger partial charge >= 0.3 is 6.09 Å². The van der Waals surface area contributed by atoms with Gasteiger partial charge in [0.05, 0.1) is 0 Å². The van der Waals surface area contributed by atoms with Crippen LogP contribution in [-0.2, 0) is 16.1 Å². The van der Waals surface area contributed by atoms with Gasteiger partial charge in [0.1, 0.15) is 12.6 Å². The molecule has 1 atom stereocenters. The van der Waals surface area contributed by atoms with Gasteiger partial charge in [-0.1, -0.05) is 60.7 Å². The highest BCUT2D eigenvalue weighted by Gasteiger charge is 2.29. The zero-order valence-electron chi connectivity index (χ0n) is 15.5. The van der Waals surface area contributed by atoms with E-state index in [1.54, 1.807) is 4.90 Å². The Labute approximate surface area is 159 Å². The predicted molar refractivity (Wildman–Crippen MR) is 103 cm³/mol. The highest BCUT2D eigenvalue weighted by atomic mass is 16.5. The van der Waals surface area contributed by atoms with E-state index >= 15 is 0 Å². The number of ether oxygens (including phenoxy) is 1. The first-order chi connectivity index (χ1) is 13.1. The number of benzene rings is 2. The smallest absolute Gasteiger partial charge is 0.408 e. The summed E-state index contributed by atoms with van der Waals surface area (Å²) in [5.41, 5.74) is 1.65. The SMILES string of the molecule is CN1CCN(C(=O)[C@@H](NC(=O)OCc2ccccc2)c2ccccc2)CC1. The molecule has 142 valence electrons. The van der Waals surface area contributed by atoms with Gasteiger partial charge in [0, 0.05) is 26.2 Å². The Morgan fingerprint density at radius 2 is 1.56 bits per heavy atom. The normalized spacial score (nSPS) is 15.8. The van der Waals surface area contributed by atoms with Gasteiger partial charge in [-0.3, -0.25) is 4.79 Å². The second-order valence-corrected chi connectivity index (χ2v) is 6.68.